The summed E-state index contributed by atoms with van der Waals surface area (Å²) < 4.78 is 41.9. The zero-order valence-corrected chi connectivity index (χ0v) is 10.9. The standard InChI is InChI=1S/C12H15F3N2O3/c1-11(6-8(18)2-3-9(11)19)17-5-4-10(16-17)20-7-12(13,14)15/h4-5,8,18H,2-3,6-7H2,1H3. The molecule has 8 heteroatoms. The lowest BCUT2D eigenvalue weighted by atomic mass is 9.80. The third kappa shape index (κ3) is 3.12. The highest BCUT2D eigenvalue weighted by Crippen LogP contribution is 2.32. The van der Waals surface area contributed by atoms with E-state index >= 15 is 0 Å². The van der Waals surface area contributed by atoms with Gasteiger partial charge in [-0.2, -0.15) is 13.2 Å². The van der Waals surface area contributed by atoms with Gasteiger partial charge in [-0.25, -0.2) is 0 Å². The Labute approximate surface area is 113 Å². The summed E-state index contributed by atoms with van der Waals surface area (Å²) in [5.41, 5.74) is -1.04. The highest BCUT2D eigenvalue weighted by atomic mass is 19.4. The van der Waals surface area contributed by atoms with Crippen molar-refractivity contribution in [2.75, 3.05) is 6.61 Å². The molecule has 1 N–H and O–H groups in total. The summed E-state index contributed by atoms with van der Waals surface area (Å²) in [7, 11) is 0. The second-order valence-electron chi connectivity index (χ2n) is 5.10. The lowest BCUT2D eigenvalue weighted by Crippen LogP contribution is -2.46. The Balaban J connectivity index is 2.13. The van der Waals surface area contributed by atoms with Crippen molar-refractivity contribution >= 4 is 5.78 Å². The monoisotopic (exact) mass is 292 g/mol. The molecule has 1 aliphatic carbocycles. The highest BCUT2D eigenvalue weighted by Gasteiger charge is 2.41. The topological polar surface area (TPSA) is 64.3 Å². The molecule has 1 aromatic rings. The molecule has 0 saturated heterocycles. The largest absolute Gasteiger partial charge is 0.467 e. The molecule has 112 valence electrons. The molecule has 1 aromatic heterocycles. The molecule has 0 aliphatic heterocycles. The van der Waals surface area contributed by atoms with Gasteiger partial charge in [0.1, 0.15) is 5.54 Å². The summed E-state index contributed by atoms with van der Waals surface area (Å²) in [5, 5.41) is 13.5. The van der Waals surface area contributed by atoms with E-state index in [0.29, 0.717) is 6.42 Å². The Morgan fingerprint density at radius 1 is 1.60 bits per heavy atom. The van der Waals surface area contributed by atoms with Crippen molar-refractivity contribution in [3.63, 3.8) is 0 Å². The number of alkyl halides is 3. The van der Waals surface area contributed by atoms with Crippen LogP contribution in [0.1, 0.15) is 26.2 Å². The van der Waals surface area contributed by atoms with Gasteiger partial charge in [0, 0.05) is 25.1 Å². The van der Waals surface area contributed by atoms with Crippen molar-refractivity contribution in [3.05, 3.63) is 12.3 Å². The molecule has 2 unspecified atom stereocenters. The number of carbonyl (C=O) groups excluding carboxylic acids is 1. The number of rotatable bonds is 3. The molecule has 2 rings (SSSR count). The predicted octanol–water partition coefficient (Wildman–Crippen LogP) is 1.65. The highest BCUT2D eigenvalue weighted by molar-refractivity contribution is 5.87. The van der Waals surface area contributed by atoms with Crippen LogP contribution in [0.5, 0.6) is 5.88 Å². The number of hydrogen-bond acceptors (Lipinski definition) is 4. The number of aromatic nitrogens is 2. The number of aliphatic hydroxyl groups excluding tert-OH is 1. The lowest BCUT2D eigenvalue weighted by Gasteiger charge is -2.34. The summed E-state index contributed by atoms with van der Waals surface area (Å²) in [5.74, 6) is -0.301. The average Bonchev–Trinajstić information content (AvgIpc) is 2.80. The summed E-state index contributed by atoms with van der Waals surface area (Å²) in [6.45, 7) is 0.176. The molecule has 1 heterocycles. The number of nitrogens with zero attached hydrogens (tertiary/aromatic N) is 2. The van der Waals surface area contributed by atoms with Crippen LogP contribution in [0, 0.1) is 0 Å². The van der Waals surface area contributed by atoms with Gasteiger partial charge < -0.3 is 9.84 Å². The first kappa shape index (κ1) is 14.8. The van der Waals surface area contributed by atoms with E-state index in [1.165, 1.54) is 16.9 Å². The predicted molar refractivity (Wildman–Crippen MR) is 62.3 cm³/mol. The maximum Gasteiger partial charge on any atom is 0.422 e. The van der Waals surface area contributed by atoms with E-state index in [1.807, 2.05) is 0 Å². The van der Waals surface area contributed by atoms with Gasteiger partial charge in [-0.3, -0.25) is 9.48 Å². The minimum absolute atomic E-state index is 0.103. The van der Waals surface area contributed by atoms with E-state index in [0.717, 1.165) is 0 Å². The summed E-state index contributed by atoms with van der Waals surface area (Å²) in [6, 6.07) is 1.27. The van der Waals surface area contributed by atoms with Crippen molar-refractivity contribution < 1.29 is 27.8 Å². The molecule has 0 spiro atoms. The SMILES string of the molecule is CC1(n2ccc(OCC(F)(F)F)n2)CC(O)CCC1=O. The third-order valence-electron chi connectivity index (χ3n) is 3.39. The van der Waals surface area contributed by atoms with Crippen molar-refractivity contribution in [1.29, 1.82) is 0 Å². The van der Waals surface area contributed by atoms with Gasteiger partial charge in [-0.05, 0) is 13.3 Å². The van der Waals surface area contributed by atoms with Gasteiger partial charge in [-0.15, -0.1) is 5.10 Å². The van der Waals surface area contributed by atoms with Crippen molar-refractivity contribution in [3.8, 4) is 5.88 Å². The minimum Gasteiger partial charge on any atom is -0.467 e. The van der Waals surface area contributed by atoms with Crippen LogP contribution < -0.4 is 4.74 Å². The normalized spacial score (nSPS) is 27.6. The Morgan fingerprint density at radius 2 is 2.30 bits per heavy atom. The van der Waals surface area contributed by atoms with Crippen LogP contribution in [-0.4, -0.2) is 39.6 Å². The maximum absolute atomic E-state index is 12.0. The third-order valence-corrected chi connectivity index (χ3v) is 3.39. The molecule has 0 amide bonds. The van der Waals surface area contributed by atoms with Crippen molar-refractivity contribution in [1.82, 2.24) is 9.78 Å². The summed E-state index contributed by atoms with van der Waals surface area (Å²) >= 11 is 0. The van der Waals surface area contributed by atoms with E-state index in [4.69, 9.17) is 0 Å². The second kappa shape index (κ2) is 5.08. The zero-order valence-electron chi connectivity index (χ0n) is 10.9. The lowest BCUT2D eigenvalue weighted by molar-refractivity contribution is -0.154. The zero-order chi connectivity index (χ0) is 15.0. The van der Waals surface area contributed by atoms with Crippen LogP contribution in [0.4, 0.5) is 13.2 Å². The Morgan fingerprint density at radius 3 is 2.95 bits per heavy atom. The van der Waals surface area contributed by atoms with Gasteiger partial charge in [0.25, 0.3) is 0 Å². The fourth-order valence-corrected chi connectivity index (χ4v) is 2.28. The first-order valence-corrected chi connectivity index (χ1v) is 6.18. The van der Waals surface area contributed by atoms with Crippen LogP contribution in [0.2, 0.25) is 0 Å². The number of ketones is 1. The second-order valence-corrected chi connectivity index (χ2v) is 5.10. The molecular formula is C12H15F3N2O3. The molecule has 0 radical (unpaired) electrons. The first-order chi connectivity index (χ1) is 9.21. The quantitative estimate of drug-likeness (QED) is 0.920. The smallest absolute Gasteiger partial charge is 0.422 e. The number of hydrogen-bond donors (Lipinski definition) is 1. The molecule has 1 saturated carbocycles. The summed E-state index contributed by atoms with van der Waals surface area (Å²) in [4.78, 5) is 12.0. The van der Waals surface area contributed by atoms with Gasteiger partial charge in [0.2, 0.25) is 5.88 Å². The molecular weight excluding hydrogens is 277 g/mol. The summed E-state index contributed by atoms with van der Waals surface area (Å²) in [6.07, 6.45) is -2.87. The molecule has 1 aliphatic rings. The van der Waals surface area contributed by atoms with E-state index < -0.39 is 24.4 Å². The van der Waals surface area contributed by atoms with Crippen LogP contribution in [0.15, 0.2) is 12.3 Å². The van der Waals surface area contributed by atoms with Crippen LogP contribution >= 0.6 is 0 Å². The average molecular weight is 292 g/mol. The number of Topliss-reactive ketones (excluding diaryl/α,β-unsaturated/α-hetero) is 1. The van der Waals surface area contributed by atoms with Crippen LogP contribution in [0.25, 0.3) is 0 Å². The van der Waals surface area contributed by atoms with Crippen LogP contribution in [-0.2, 0) is 10.3 Å². The van der Waals surface area contributed by atoms with Crippen molar-refractivity contribution in [2.45, 2.75) is 44.0 Å². The van der Waals surface area contributed by atoms with E-state index in [-0.39, 0.29) is 24.5 Å². The minimum atomic E-state index is -4.44. The van der Waals surface area contributed by atoms with Crippen LogP contribution in [0.3, 0.4) is 0 Å². The Kier molecular flexibility index (Phi) is 3.77. The molecule has 5 nitrogen and oxygen atoms in total. The molecule has 1 fully saturated rings. The number of ether oxygens (including phenoxy) is 1. The fourth-order valence-electron chi connectivity index (χ4n) is 2.28. The van der Waals surface area contributed by atoms with Gasteiger partial charge in [0.05, 0.1) is 6.10 Å². The van der Waals surface area contributed by atoms with E-state index in [1.54, 1.807) is 6.92 Å². The van der Waals surface area contributed by atoms with E-state index in [9.17, 15) is 23.1 Å². The molecule has 2 atom stereocenters. The molecule has 20 heavy (non-hydrogen) atoms. The van der Waals surface area contributed by atoms with Crippen molar-refractivity contribution in [2.24, 2.45) is 0 Å². The number of halogens is 3. The Hall–Kier alpha value is -1.57. The fraction of sp³-hybridized carbons (Fsp3) is 0.667. The first-order valence-electron chi connectivity index (χ1n) is 6.18. The number of aliphatic hydroxyl groups is 1. The maximum atomic E-state index is 12.0. The Bertz CT molecular complexity index is 500. The van der Waals surface area contributed by atoms with Gasteiger partial charge in [0.15, 0.2) is 12.4 Å². The molecule has 0 bridgehead atoms. The van der Waals surface area contributed by atoms with Gasteiger partial charge in [-0.1, -0.05) is 0 Å². The number of carbonyl (C=O) groups is 1. The van der Waals surface area contributed by atoms with E-state index in [2.05, 4.69) is 9.84 Å². The van der Waals surface area contributed by atoms with Gasteiger partial charge >= 0.3 is 6.18 Å². The molecule has 0 aromatic carbocycles.